The van der Waals surface area contributed by atoms with E-state index in [1.807, 2.05) is 18.2 Å². The Morgan fingerprint density at radius 2 is 2.04 bits per heavy atom. The van der Waals surface area contributed by atoms with Gasteiger partial charge in [0, 0.05) is 24.5 Å². The zero-order valence-electron chi connectivity index (χ0n) is 13.3. The molecule has 0 aromatic heterocycles. The van der Waals surface area contributed by atoms with E-state index in [0.717, 1.165) is 35.0 Å². The first-order valence-electron chi connectivity index (χ1n) is 8.02. The number of halogens is 2. The van der Waals surface area contributed by atoms with Crippen LogP contribution in [0.2, 0.25) is 0 Å². The summed E-state index contributed by atoms with van der Waals surface area (Å²) in [5.74, 6) is 0.983. The van der Waals surface area contributed by atoms with Crippen molar-refractivity contribution >= 4 is 34.2 Å². The van der Waals surface area contributed by atoms with Gasteiger partial charge in [-0.15, -0.1) is 12.4 Å². The van der Waals surface area contributed by atoms with Gasteiger partial charge in [-0.1, -0.05) is 6.07 Å². The highest BCUT2D eigenvalue weighted by atomic mass is 79.9. The van der Waals surface area contributed by atoms with Crippen molar-refractivity contribution in [2.75, 3.05) is 7.11 Å². The summed E-state index contributed by atoms with van der Waals surface area (Å²) in [5, 5.41) is 6.81. The maximum Gasteiger partial charge on any atom is 0.220 e. The van der Waals surface area contributed by atoms with Gasteiger partial charge in [0.25, 0.3) is 0 Å². The highest BCUT2D eigenvalue weighted by Gasteiger charge is 2.33. The van der Waals surface area contributed by atoms with Crippen LogP contribution in [-0.4, -0.2) is 31.1 Å². The van der Waals surface area contributed by atoms with Gasteiger partial charge >= 0.3 is 0 Å². The smallest absolute Gasteiger partial charge is 0.220 e. The van der Waals surface area contributed by atoms with Crippen LogP contribution in [0.1, 0.15) is 37.7 Å². The first kappa shape index (κ1) is 18.6. The van der Waals surface area contributed by atoms with Crippen LogP contribution in [-0.2, 0) is 11.2 Å². The third-order valence-electron chi connectivity index (χ3n) is 4.70. The van der Waals surface area contributed by atoms with Crippen molar-refractivity contribution in [3.63, 3.8) is 0 Å². The number of aryl methyl sites for hydroxylation is 1. The highest BCUT2D eigenvalue weighted by molar-refractivity contribution is 9.10. The minimum absolute atomic E-state index is 0. The summed E-state index contributed by atoms with van der Waals surface area (Å²) in [5.41, 5.74) is 1.15. The van der Waals surface area contributed by atoms with Crippen LogP contribution in [0.4, 0.5) is 0 Å². The van der Waals surface area contributed by atoms with E-state index in [1.165, 1.54) is 12.8 Å². The monoisotopic (exact) mass is 402 g/mol. The molecule has 1 amide bonds. The Bertz CT molecular complexity index is 543. The van der Waals surface area contributed by atoms with Crippen molar-refractivity contribution in [2.45, 2.75) is 56.7 Å². The fourth-order valence-corrected chi connectivity index (χ4v) is 4.19. The average molecular weight is 404 g/mol. The Balaban J connectivity index is 0.00000192. The summed E-state index contributed by atoms with van der Waals surface area (Å²) in [6.45, 7) is 0. The molecular formula is C17H24BrClN2O2. The fourth-order valence-electron chi connectivity index (χ4n) is 3.60. The number of carbonyl (C=O) groups is 1. The molecule has 2 saturated heterocycles. The topological polar surface area (TPSA) is 50.4 Å². The van der Waals surface area contributed by atoms with E-state index in [-0.39, 0.29) is 18.3 Å². The second-order valence-electron chi connectivity index (χ2n) is 6.34. The van der Waals surface area contributed by atoms with Crippen LogP contribution in [0.25, 0.3) is 0 Å². The van der Waals surface area contributed by atoms with Gasteiger partial charge in [-0.05, 0) is 65.7 Å². The summed E-state index contributed by atoms with van der Waals surface area (Å²) in [6.07, 6.45) is 5.98. The van der Waals surface area contributed by atoms with Gasteiger partial charge in [0.1, 0.15) is 5.75 Å². The van der Waals surface area contributed by atoms with Crippen molar-refractivity contribution in [2.24, 2.45) is 0 Å². The van der Waals surface area contributed by atoms with Crippen LogP contribution in [0.5, 0.6) is 5.75 Å². The number of methoxy groups -OCH3 is 1. The molecule has 4 nitrogen and oxygen atoms in total. The molecule has 0 radical (unpaired) electrons. The second-order valence-corrected chi connectivity index (χ2v) is 7.20. The molecule has 23 heavy (non-hydrogen) atoms. The van der Waals surface area contributed by atoms with E-state index < -0.39 is 0 Å². The SMILES string of the molecule is COc1ccc(CCC(=O)NC2CC3CCC(C2)N3)cc1Br.Cl. The molecule has 2 aliphatic rings. The van der Waals surface area contributed by atoms with Gasteiger partial charge in [-0.3, -0.25) is 4.79 Å². The summed E-state index contributed by atoms with van der Waals surface area (Å²) >= 11 is 3.48. The molecule has 3 rings (SSSR count). The normalized spacial score (nSPS) is 25.6. The van der Waals surface area contributed by atoms with Crippen molar-refractivity contribution in [1.29, 1.82) is 0 Å². The molecule has 6 heteroatoms. The number of fused-ring (bicyclic) bond motifs is 2. The molecule has 2 atom stereocenters. The van der Waals surface area contributed by atoms with Crippen molar-refractivity contribution in [3.8, 4) is 5.75 Å². The molecule has 0 spiro atoms. The Kier molecular flexibility index (Phi) is 6.74. The van der Waals surface area contributed by atoms with E-state index in [0.29, 0.717) is 24.5 Å². The standard InChI is InChI=1S/C17H23BrN2O2.ClH/c1-22-16-6-2-11(8-15(16)18)3-7-17(21)20-14-9-12-4-5-13(10-14)19-12;/h2,6,8,12-14,19H,3-5,7,9-10H2,1H3,(H,20,21);1H. The van der Waals surface area contributed by atoms with E-state index in [9.17, 15) is 4.79 Å². The molecule has 2 aliphatic heterocycles. The summed E-state index contributed by atoms with van der Waals surface area (Å²) in [7, 11) is 1.65. The lowest BCUT2D eigenvalue weighted by Gasteiger charge is -2.29. The molecule has 2 heterocycles. The first-order valence-corrected chi connectivity index (χ1v) is 8.81. The number of rotatable bonds is 5. The third kappa shape index (κ3) is 4.85. The van der Waals surface area contributed by atoms with Crippen LogP contribution >= 0.6 is 28.3 Å². The minimum atomic E-state index is 0. The summed E-state index contributed by atoms with van der Waals surface area (Å²) in [6, 6.07) is 7.55. The van der Waals surface area contributed by atoms with E-state index in [4.69, 9.17) is 4.74 Å². The number of amides is 1. The molecule has 2 N–H and O–H groups in total. The number of nitrogens with one attached hydrogen (secondary N) is 2. The van der Waals surface area contributed by atoms with Gasteiger partial charge in [0.05, 0.1) is 11.6 Å². The quantitative estimate of drug-likeness (QED) is 0.794. The highest BCUT2D eigenvalue weighted by Crippen LogP contribution is 2.27. The Labute approximate surface area is 152 Å². The molecule has 1 aromatic rings. The van der Waals surface area contributed by atoms with Crippen LogP contribution in [0.3, 0.4) is 0 Å². The summed E-state index contributed by atoms with van der Waals surface area (Å²) in [4.78, 5) is 12.2. The van der Waals surface area contributed by atoms with Crippen LogP contribution in [0.15, 0.2) is 22.7 Å². The number of hydrogen-bond acceptors (Lipinski definition) is 3. The van der Waals surface area contributed by atoms with Gasteiger partial charge < -0.3 is 15.4 Å². The predicted octanol–water partition coefficient (Wildman–Crippen LogP) is 3.21. The predicted molar refractivity (Wildman–Crippen MR) is 97.4 cm³/mol. The number of ether oxygens (including phenoxy) is 1. The number of hydrogen-bond donors (Lipinski definition) is 2. The minimum Gasteiger partial charge on any atom is -0.496 e. The zero-order valence-corrected chi connectivity index (χ0v) is 15.7. The molecule has 0 aliphatic carbocycles. The largest absolute Gasteiger partial charge is 0.496 e. The molecule has 2 fully saturated rings. The summed E-state index contributed by atoms with van der Waals surface area (Å²) < 4.78 is 6.15. The van der Waals surface area contributed by atoms with Crippen molar-refractivity contribution in [3.05, 3.63) is 28.2 Å². The van der Waals surface area contributed by atoms with Crippen molar-refractivity contribution < 1.29 is 9.53 Å². The maximum absolute atomic E-state index is 12.2. The van der Waals surface area contributed by atoms with Gasteiger partial charge in [-0.2, -0.15) is 0 Å². The van der Waals surface area contributed by atoms with E-state index >= 15 is 0 Å². The Hall–Kier alpha value is -0.780. The molecule has 2 unspecified atom stereocenters. The average Bonchev–Trinajstić information content (AvgIpc) is 2.84. The van der Waals surface area contributed by atoms with Crippen LogP contribution < -0.4 is 15.4 Å². The third-order valence-corrected chi connectivity index (χ3v) is 5.31. The molecule has 128 valence electrons. The van der Waals surface area contributed by atoms with Gasteiger partial charge in [0.15, 0.2) is 0 Å². The lowest BCUT2D eigenvalue weighted by atomic mass is 9.99. The van der Waals surface area contributed by atoms with Gasteiger partial charge in [-0.25, -0.2) is 0 Å². The number of benzene rings is 1. The lowest BCUT2D eigenvalue weighted by molar-refractivity contribution is -0.122. The molecule has 2 bridgehead atoms. The number of piperidine rings is 1. The van der Waals surface area contributed by atoms with Crippen LogP contribution in [0, 0.1) is 0 Å². The maximum atomic E-state index is 12.2. The Morgan fingerprint density at radius 1 is 1.35 bits per heavy atom. The molecule has 0 saturated carbocycles. The van der Waals surface area contributed by atoms with E-state index in [1.54, 1.807) is 7.11 Å². The Morgan fingerprint density at radius 3 is 2.65 bits per heavy atom. The zero-order chi connectivity index (χ0) is 15.5. The number of carbonyl (C=O) groups excluding carboxylic acids is 1. The lowest BCUT2D eigenvalue weighted by Crippen LogP contribution is -2.48. The van der Waals surface area contributed by atoms with Gasteiger partial charge in [0.2, 0.25) is 5.91 Å². The fraction of sp³-hybridized carbons (Fsp3) is 0.588. The van der Waals surface area contributed by atoms with E-state index in [2.05, 4.69) is 26.6 Å². The molecular weight excluding hydrogens is 380 g/mol. The van der Waals surface area contributed by atoms with Crippen molar-refractivity contribution in [1.82, 2.24) is 10.6 Å². The first-order chi connectivity index (χ1) is 10.6. The molecule has 1 aromatic carbocycles. The second kappa shape index (κ2) is 8.36.